The number of nitrogens with one attached hydrogen (secondary N) is 1. The number of hydrogen-bond acceptors (Lipinski definition) is 7. The average Bonchev–Trinajstić information content (AvgIpc) is 3.49. The molecule has 5 rings (SSSR count). The van der Waals surface area contributed by atoms with Crippen molar-refractivity contribution in [3.05, 3.63) is 90.1 Å². The first kappa shape index (κ1) is 29.8. The van der Waals surface area contributed by atoms with Crippen LogP contribution in [0.4, 0.5) is 22.0 Å². The number of carbonyl (C=O) groups is 2. The summed E-state index contributed by atoms with van der Waals surface area (Å²) >= 11 is 0. The van der Waals surface area contributed by atoms with E-state index < -0.39 is 33.3 Å². The molecule has 0 saturated carbocycles. The third-order valence-electron chi connectivity index (χ3n) is 7.98. The lowest BCUT2D eigenvalue weighted by Crippen LogP contribution is -2.38. The molecule has 0 spiro atoms. The second-order valence-corrected chi connectivity index (χ2v) is 13.4. The van der Waals surface area contributed by atoms with Crippen molar-refractivity contribution in [1.29, 1.82) is 0 Å². The number of fused-ring (bicyclic) bond motifs is 1. The summed E-state index contributed by atoms with van der Waals surface area (Å²) in [4.78, 5) is 33.2. The van der Waals surface area contributed by atoms with E-state index in [0.717, 1.165) is 21.2 Å². The number of nitrogen functional groups attached to an aromatic ring is 1. The second-order valence-electron chi connectivity index (χ2n) is 11.0. The van der Waals surface area contributed by atoms with Crippen LogP contribution >= 0.6 is 0 Å². The highest BCUT2D eigenvalue weighted by Gasteiger charge is 2.38. The van der Waals surface area contributed by atoms with E-state index in [4.69, 9.17) is 5.73 Å². The number of pyridine rings is 1. The molecular weight excluding hydrogens is 566 g/mol. The average molecular weight is 602 g/mol. The molecule has 0 aliphatic carbocycles. The highest BCUT2D eigenvalue weighted by atomic mass is 32.2. The van der Waals surface area contributed by atoms with Crippen LogP contribution in [0.5, 0.6) is 0 Å². The fourth-order valence-electron chi connectivity index (χ4n) is 5.54. The first-order valence-corrected chi connectivity index (χ1v) is 15.6. The van der Waals surface area contributed by atoms with Crippen LogP contribution < -0.4 is 16.0 Å². The molecule has 10 nitrogen and oxygen atoms in total. The summed E-state index contributed by atoms with van der Waals surface area (Å²) in [5.74, 6) is 0.204. The number of carboxylic acid groups (broad SMARTS) is 1. The summed E-state index contributed by atoms with van der Waals surface area (Å²) < 4.78 is 26.9. The number of sulfone groups is 1. The summed E-state index contributed by atoms with van der Waals surface area (Å²) in [6, 6.07) is 20.0. The Kier molecular flexibility index (Phi) is 8.27. The number of aromatic nitrogens is 1. The van der Waals surface area contributed by atoms with Gasteiger partial charge in [0.1, 0.15) is 11.9 Å². The van der Waals surface area contributed by atoms with Gasteiger partial charge in [-0.15, -0.1) is 0 Å². The van der Waals surface area contributed by atoms with Crippen LogP contribution in [0.2, 0.25) is 0 Å². The Labute approximate surface area is 251 Å². The lowest BCUT2D eigenvalue weighted by Gasteiger charge is -2.32. The van der Waals surface area contributed by atoms with Gasteiger partial charge in [0, 0.05) is 36.6 Å². The predicted molar refractivity (Wildman–Crippen MR) is 168 cm³/mol. The van der Waals surface area contributed by atoms with E-state index >= 15 is 0 Å². The first-order chi connectivity index (χ1) is 20.5. The molecule has 11 heteroatoms. The van der Waals surface area contributed by atoms with Crippen molar-refractivity contribution in [3.63, 3.8) is 0 Å². The molecule has 4 aromatic rings. The molecule has 1 aromatic heterocycles. The van der Waals surface area contributed by atoms with E-state index in [9.17, 15) is 23.1 Å². The standard InChI is InChI=1S/C32H35N5O5S/c1-20(2)43(41,42)28-14-12-24(36(3)32(39)40)19-26(28)27-10-7-17-37(27)31(38)29(21-8-5-4-6-9-21)35-23-11-13-25-22(18-23)15-16-34-30(25)33/h4-6,8-9,11-16,18-20,27,29,35H,7,10,17H2,1-3H3,(H2,33,34)(H,39,40)/t27-,29-/m1/s1. The number of anilines is 3. The van der Waals surface area contributed by atoms with Crippen LogP contribution in [0.25, 0.3) is 10.8 Å². The predicted octanol–water partition coefficient (Wildman–Crippen LogP) is 5.63. The topological polar surface area (TPSA) is 146 Å². The quantitative estimate of drug-likeness (QED) is 0.236. The van der Waals surface area contributed by atoms with Crippen molar-refractivity contribution in [3.8, 4) is 0 Å². The number of carbonyl (C=O) groups excluding carboxylic acids is 1. The number of amides is 2. The molecule has 3 aromatic carbocycles. The summed E-state index contributed by atoms with van der Waals surface area (Å²) in [5, 5.41) is 14.0. The fourth-order valence-corrected chi connectivity index (χ4v) is 6.83. The van der Waals surface area contributed by atoms with Crippen molar-refractivity contribution in [1.82, 2.24) is 9.88 Å². The molecule has 1 saturated heterocycles. The van der Waals surface area contributed by atoms with Crippen LogP contribution in [0.3, 0.4) is 0 Å². The maximum Gasteiger partial charge on any atom is 0.411 e. The van der Waals surface area contributed by atoms with Crippen LogP contribution in [-0.2, 0) is 14.6 Å². The van der Waals surface area contributed by atoms with Gasteiger partial charge in [0.15, 0.2) is 9.84 Å². The molecule has 1 aliphatic rings. The van der Waals surface area contributed by atoms with E-state index in [1.54, 1.807) is 31.0 Å². The summed E-state index contributed by atoms with van der Waals surface area (Å²) in [6.45, 7) is 3.64. The SMILES string of the molecule is CC(C)S(=O)(=O)c1ccc(N(C)C(=O)O)cc1[C@H]1CCCN1C(=O)[C@H](Nc1ccc2c(N)nccc2c1)c1ccccc1. The molecular formula is C32H35N5O5S. The molecule has 1 fully saturated rings. The number of benzene rings is 3. The van der Waals surface area contributed by atoms with E-state index in [1.807, 2.05) is 54.6 Å². The van der Waals surface area contributed by atoms with Gasteiger partial charge in [0.05, 0.1) is 16.2 Å². The van der Waals surface area contributed by atoms with Gasteiger partial charge >= 0.3 is 6.09 Å². The molecule has 0 radical (unpaired) electrons. The zero-order valence-corrected chi connectivity index (χ0v) is 25.1. The maximum atomic E-state index is 14.5. The van der Waals surface area contributed by atoms with Gasteiger partial charge in [0.2, 0.25) is 5.91 Å². The minimum atomic E-state index is -3.74. The van der Waals surface area contributed by atoms with Gasteiger partial charge in [-0.25, -0.2) is 18.2 Å². The summed E-state index contributed by atoms with van der Waals surface area (Å²) in [7, 11) is -2.34. The van der Waals surface area contributed by atoms with Gasteiger partial charge in [-0.2, -0.15) is 0 Å². The fraction of sp³-hybridized carbons (Fsp3) is 0.281. The lowest BCUT2D eigenvalue weighted by molar-refractivity contribution is -0.133. The highest BCUT2D eigenvalue weighted by molar-refractivity contribution is 7.92. The largest absolute Gasteiger partial charge is 0.465 e. The van der Waals surface area contributed by atoms with E-state index in [2.05, 4.69) is 10.3 Å². The van der Waals surface area contributed by atoms with Crippen LogP contribution in [0, 0.1) is 0 Å². The van der Waals surface area contributed by atoms with Crippen molar-refractivity contribution in [2.45, 2.75) is 48.9 Å². The highest BCUT2D eigenvalue weighted by Crippen LogP contribution is 2.40. The molecule has 2 atom stereocenters. The Morgan fingerprint density at radius 1 is 1.07 bits per heavy atom. The van der Waals surface area contributed by atoms with Crippen molar-refractivity contribution in [2.75, 3.05) is 29.5 Å². The van der Waals surface area contributed by atoms with Gasteiger partial charge < -0.3 is 21.1 Å². The van der Waals surface area contributed by atoms with E-state index in [0.29, 0.717) is 42.1 Å². The van der Waals surface area contributed by atoms with Crippen LogP contribution in [0.15, 0.2) is 83.9 Å². The Balaban J connectivity index is 1.57. The number of nitrogens with zero attached hydrogens (tertiary/aromatic N) is 3. The zero-order chi connectivity index (χ0) is 30.9. The molecule has 0 unspecified atom stereocenters. The van der Waals surface area contributed by atoms with Crippen LogP contribution in [0.1, 0.15) is 49.9 Å². The number of rotatable bonds is 8. The minimum Gasteiger partial charge on any atom is -0.465 e. The summed E-state index contributed by atoms with van der Waals surface area (Å²) in [5.41, 5.74) is 8.25. The molecule has 2 amide bonds. The number of nitrogens with two attached hydrogens (primary N) is 1. The van der Waals surface area contributed by atoms with Crippen LogP contribution in [-0.4, -0.2) is 54.3 Å². The van der Waals surface area contributed by atoms with Gasteiger partial charge in [-0.1, -0.05) is 30.3 Å². The normalized spacial score (nSPS) is 15.9. The third kappa shape index (κ3) is 5.85. The van der Waals surface area contributed by atoms with E-state index in [-0.39, 0.29) is 10.8 Å². The number of likely N-dealkylation sites (tertiary alicyclic amines) is 1. The number of hydrogen-bond donors (Lipinski definition) is 3. The van der Waals surface area contributed by atoms with Gasteiger partial charge in [0.25, 0.3) is 0 Å². The molecule has 224 valence electrons. The second kappa shape index (κ2) is 11.9. The van der Waals surface area contributed by atoms with Gasteiger partial charge in [-0.3, -0.25) is 9.69 Å². The molecule has 43 heavy (non-hydrogen) atoms. The lowest BCUT2D eigenvalue weighted by atomic mass is 10.0. The van der Waals surface area contributed by atoms with Crippen molar-refractivity contribution in [2.24, 2.45) is 0 Å². The smallest absolute Gasteiger partial charge is 0.411 e. The summed E-state index contributed by atoms with van der Waals surface area (Å²) in [6.07, 6.45) is 1.66. The van der Waals surface area contributed by atoms with Gasteiger partial charge in [-0.05, 0) is 85.7 Å². The molecule has 2 heterocycles. The molecule has 1 aliphatic heterocycles. The molecule has 0 bridgehead atoms. The Hall–Kier alpha value is -4.64. The Morgan fingerprint density at radius 3 is 2.51 bits per heavy atom. The van der Waals surface area contributed by atoms with Crippen molar-refractivity contribution < 1.29 is 23.1 Å². The minimum absolute atomic E-state index is 0.111. The molecule has 4 N–H and O–H groups in total. The maximum absolute atomic E-state index is 14.5. The third-order valence-corrected chi connectivity index (χ3v) is 10.2. The Bertz CT molecular complexity index is 1780. The van der Waals surface area contributed by atoms with E-state index in [1.165, 1.54) is 19.2 Å². The Morgan fingerprint density at radius 2 is 1.81 bits per heavy atom. The zero-order valence-electron chi connectivity index (χ0n) is 24.3. The monoisotopic (exact) mass is 601 g/mol. The first-order valence-electron chi connectivity index (χ1n) is 14.1. The van der Waals surface area contributed by atoms with Crippen molar-refractivity contribution >= 4 is 49.8 Å².